The largest absolute Gasteiger partial charge is 0.497 e. The molecule has 0 atom stereocenters. The molecule has 18 heavy (non-hydrogen) atoms. The molecule has 0 saturated heterocycles. The van der Waals surface area contributed by atoms with Gasteiger partial charge in [0.05, 0.1) is 23.9 Å². The summed E-state index contributed by atoms with van der Waals surface area (Å²) in [5.41, 5.74) is 0.938. The first kappa shape index (κ1) is 12.9. The van der Waals surface area contributed by atoms with Crippen molar-refractivity contribution in [1.82, 2.24) is 4.57 Å². The van der Waals surface area contributed by atoms with Crippen LogP contribution in [0.15, 0.2) is 24.3 Å². The fourth-order valence-electron chi connectivity index (χ4n) is 2.15. The summed E-state index contributed by atoms with van der Waals surface area (Å²) in [6, 6.07) is 7.80. The van der Waals surface area contributed by atoms with E-state index in [9.17, 15) is 5.11 Å². The lowest BCUT2D eigenvalue weighted by molar-refractivity contribution is 0.0570. The van der Waals surface area contributed by atoms with Crippen LogP contribution in [0.25, 0.3) is 10.9 Å². The Bertz CT molecular complexity index is 552. The number of benzene rings is 1. The number of ether oxygens (including phenoxy) is 2. The lowest BCUT2D eigenvalue weighted by Crippen LogP contribution is -2.21. The van der Waals surface area contributed by atoms with Crippen molar-refractivity contribution in [3.8, 4) is 5.75 Å². The Morgan fingerprint density at radius 3 is 2.50 bits per heavy atom. The van der Waals surface area contributed by atoms with Crippen LogP contribution in [-0.4, -0.2) is 23.9 Å². The molecule has 0 spiro atoms. The van der Waals surface area contributed by atoms with Crippen LogP contribution in [0.5, 0.6) is 5.75 Å². The minimum atomic E-state index is -0.912. The highest BCUT2D eigenvalue weighted by Gasteiger charge is 2.22. The molecule has 0 radical (unpaired) electrons. The molecular weight excluding hydrogens is 230 g/mol. The molecule has 98 valence electrons. The van der Waals surface area contributed by atoms with Crippen LogP contribution in [0.3, 0.4) is 0 Å². The van der Waals surface area contributed by atoms with Gasteiger partial charge >= 0.3 is 0 Å². The van der Waals surface area contributed by atoms with Crippen LogP contribution in [-0.2, 0) is 17.1 Å². The summed E-state index contributed by atoms with van der Waals surface area (Å²) in [7, 11) is 3.29. The average molecular weight is 249 g/mol. The van der Waals surface area contributed by atoms with Gasteiger partial charge in [0.25, 0.3) is 0 Å². The molecule has 4 heteroatoms. The molecule has 0 aliphatic heterocycles. The van der Waals surface area contributed by atoms with Gasteiger partial charge in [-0.05, 0) is 38.1 Å². The molecule has 0 aliphatic carbocycles. The molecule has 0 unspecified atom stereocenters. The van der Waals surface area contributed by atoms with Gasteiger partial charge in [-0.1, -0.05) is 0 Å². The first-order valence-electron chi connectivity index (χ1n) is 5.86. The van der Waals surface area contributed by atoms with Crippen molar-refractivity contribution in [2.75, 3.05) is 14.2 Å². The van der Waals surface area contributed by atoms with Crippen LogP contribution < -0.4 is 4.74 Å². The van der Waals surface area contributed by atoms with Crippen LogP contribution in [0, 0.1) is 0 Å². The fraction of sp³-hybridized carbons (Fsp3) is 0.429. The van der Waals surface area contributed by atoms with Crippen molar-refractivity contribution in [2.45, 2.75) is 26.2 Å². The molecule has 2 aromatic rings. The normalized spacial score (nSPS) is 12.1. The van der Waals surface area contributed by atoms with Gasteiger partial charge in [0.2, 0.25) is 0 Å². The maximum absolute atomic E-state index is 10.2. The topological polar surface area (TPSA) is 43.6 Å². The molecular formula is C14H19NO3. The van der Waals surface area contributed by atoms with Gasteiger partial charge in [-0.15, -0.1) is 0 Å². The zero-order valence-corrected chi connectivity index (χ0v) is 11.2. The van der Waals surface area contributed by atoms with E-state index < -0.39 is 5.60 Å². The third-order valence-electron chi connectivity index (χ3n) is 2.99. The quantitative estimate of drug-likeness (QED) is 0.905. The van der Waals surface area contributed by atoms with Crippen LogP contribution in [0.4, 0.5) is 0 Å². The zero-order chi connectivity index (χ0) is 13.3. The number of aliphatic hydroxyl groups is 1. The second-order valence-corrected chi connectivity index (χ2v) is 4.86. The minimum absolute atomic E-state index is 0.412. The molecule has 0 fully saturated rings. The number of hydrogen-bond acceptors (Lipinski definition) is 3. The molecule has 0 aliphatic rings. The minimum Gasteiger partial charge on any atom is -0.497 e. The molecule has 2 rings (SSSR count). The molecule has 1 N–H and O–H groups in total. The summed E-state index contributed by atoms with van der Waals surface area (Å²) < 4.78 is 12.4. The SMILES string of the molecule is COCn1c(C(C)(C)O)cc2cc(OC)ccc21. The molecule has 1 aromatic heterocycles. The maximum Gasteiger partial charge on any atom is 0.122 e. The zero-order valence-electron chi connectivity index (χ0n) is 11.2. The van der Waals surface area contributed by atoms with E-state index in [-0.39, 0.29) is 0 Å². The molecule has 1 heterocycles. The summed E-state index contributed by atoms with van der Waals surface area (Å²) >= 11 is 0. The summed E-state index contributed by atoms with van der Waals surface area (Å²) in [6.45, 7) is 3.95. The molecule has 4 nitrogen and oxygen atoms in total. The number of rotatable bonds is 4. The van der Waals surface area contributed by atoms with E-state index in [2.05, 4.69) is 0 Å². The van der Waals surface area contributed by atoms with Gasteiger partial charge in [0.15, 0.2) is 0 Å². The van der Waals surface area contributed by atoms with Gasteiger partial charge in [0, 0.05) is 12.5 Å². The van der Waals surface area contributed by atoms with Gasteiger partial charge in [-0.2, -0.15) is 0 Å². The third kappa shape index (κ3) is 2.21. The van der Waals surface area contributed by atoms with E-state index in [1.54, 1.807) is 28.1 Å². The Labute approximate surface area is 107 Å². The number of methoxy groups -OCH3 is 2. The predicted octanol–water partition coefficient (Wildman–Crippen LogP) is 2.48. The van der Waals surface area contributed by atoms with Crippen molar-refractivity contribution in [3.63, 3.8) is 0 Å². The summed E-state index contributed by atoms with van der Waals surface area (Å²) in [5.74, 6) is 0.805. The Morgan fingerprint density at radius 1 is 1.22 bits per heavy atom. The second kappa shape index (κ2) is 4.63. The summed E-state index contributed by atoms with van der Waals surface area (Å²) in [6.07, 6.45) is 0. The molecule has 0 saturated carbocycles. The second-order valence-electron chi connectivity index (χ2n) is 4.86. The number of fused-ring (bicyclic) bond motifs is 1. The van der Waals surface area contributed by atoms with Crippen molar-refractivity contribution >= 4 is 10.9 Å². The fourth-order valence-corrected chi connectivity index (χ4v) is 2.15. The Morgan fingerprint density at radius 2 is 1.94 bits per heavy atom. The number of nitrogens with zero attached hydrogens (tertiary/aromatic N) is 1. The first-order chi connectivity index (χ1) is 8.47. The van der Waals surface area contributed by atoms with E-state index >= 15 is 0 Å². The van der Waals surface area contributed by atoms with E-state index in [1.807, 2.05) is 28.8 Å². The van der Waals surface area contributed by atoms with E-state index in [0.29, 0.717) is 6.73 Å². The van der Waals surface area contributed by atoms with Crippen LogP contribution in [0.1, 0.15) is 19.5 Å². The first-order valence-corrected chi connectivity index (χ1v) is 5.86. The summed E-state index contributed by atoms with van der Waals surface area (Å²) in [5, 5.41) is 11.2. The highest BCUT2D eigenvalue weighted by Crippen LogP contribution is 2.30. The predicted molar refractivity (Wildman–Crippen MR) is 70.7 cm³/mol. The van der Waals surface area contributed by atoms with Gasteiger partial charge < -0.3 is 19.1 Å². The van der Waals surface area contributed by atoms with Crippen LogP contribution in [0.2, 0.25) is 0 Å². The molecule has 0 bridgehead atoms. The lowest BCUT2D eigenvalue weighted by atomic mass is 10.1. The van der Waals surface area contributed by atoms with Gasteiger partial charge in [-0.3, -0.25) is 0 Å². The molecule has 0 amide bonds. The average Bonchev–Trinajstić information content (AvgIpc) is 2.67. The Kier molecular flexibility index (Phi) is 3.32. The Hall–Kier alpha value is -1.52. The monoisotopic (exact) mass is 249 g/mol. The number of aromatic nitrogens is 1. The van der Waals surface area contributed by atoms with E-state index in [0.717, 1.165) is 22.3 Å². The maximum atomic E-state index is 10.2. The highest BCUT2D eigenvalue weighted by atomic mass is 16.5. The van der Waals surface area contributed by atoms with E-state index in [4.69, 9.17) is 9.47 Å². The third-order valence-corrected chi connectivity index (χ3v) is 2.99. The highest BCUT2D eigenvalue weighted by molar-refractivity contribution is 5.83. The van der Waals surface area contributed by atoms with Crippen molar-refractivity contribution in [2.24, 2.45) is 0 Å². The van der Waals surface area contributed by atoms with Crippen molar-refractivity contribution < 1.29 is 14.6 Å². The lowest BCUT2D eigenvalue weighted by Gasteiger charge is -2.20. The Balaban J connectivity index is 2.66. The van der Waals surface area contributed by atoms with Crippen molar-refractivity contribution in [3.05, 3.63) is 30.0 Å². The van der Waals surface area contributed by atoms with Crippen molar-refractivity contribution in [1.29, 1.82) is 0 Å². The molecule has 1 aromatic carbocycles. The number of hydrogen-bond donors (Lipinski definition) is 1. The van der Waals surface area contributed by atoms with Gasteiger partial charge in [0.1, 0.15) is 12.5 Å². The summed E-state index contributed by atoms with van der Waals surface area (Å²) in [4.78, 5) is 0. The van der Waals surface area contributed by atoms with Gasteiger partial charge in [-0.25, -0.2) is 0 Å². The standard InChI is InChI=1S/C14H19NO3/c1-14(2,16)13-8-10-7-11(18-4)5-6-12(10)15(13)9-17-3/h5-8,16H,9H2,1-4H3. The smallest absolute Gasteiger partial charge is 0.122 e. The van der Waals surface area contributed by atoms with E-state index in [1.165, 1.54) is 0 Å². The van der Waals surface area contributed by atoms with Crippen LogP contribution >= 0.6 is 0 Å².